The first kappa shape index (κ1) is 14.8. The van der Waals surface area contributed by atoms with Gasteiger partial charge in [0.2, 0.25) is 10.0 Å². The summed E-state index contributed by atoms with van der Waals surface area (Å²) in [5, 5.41) is 9.82. The highest BCUT2D eigenvalue weighted by Crippen LogP contribution is 2.18. The molecule has 2 rings (SSSR count). The summed E-state index contributed by atoms with van der Waals surface area (Å²) in [6.07, 6.45) is 0.419. The van der Waals surface area contributed by atoms with Crippen molar-refractivity contribution in [3.63, 3.8) is 0 Å². The smallest absolute Gasteiger partial charge is 0.240 e. The lowest BCUT2D eigenvalue weighted by molar-refractivity contribution is 0.154. The number of rotatable bonds is 5. The lowest BCUT2D eigenvalue weighted by Crippen LogP contribution is -2.29. The average Bonchev–Trinajstić information content (AvgIpc) is 2.93. The summed E-state index contributed by atoms with van der Waals surface area (Å²) in [5.74, 6) is 0.327. The van der Waals surface area contributed by atoms with Crippen LogP contribution in [0, 0.1) is 13.8 Å². The standard InChI is InChI=1S/C14H17NO4S/c1-10-5-6-11(2)14(8-10)20(17,18)15-9-12(16)13-4-3-7-19-13/h3-8,12,15-16H,9H2,1-2H3. The topological polar surface area (TPSA) is 79.5 Å². The van der Waals surface area contributed by atoms with Crippen LogP contribution in [0.25, 0.3) is 0 Å². The molecule has 0 saturated heterocycles. The van der Waals surface area contributed by atoms with Crippen LogP contribution in [-0.4, -0.2) is 20.1 Å². The van der Waals surface area contributed by atoms with E-state index in [0.717, 1.165) is 5.56 Å². The molecule has 0 amide bonds. The second kappa shape index (κ2) is 5.78. The largest absolute Gasteiger partial charge is 0.467 e. The summed E-state index contributed by atoms with van der Waals surface area (Å²) in [7, 11) is -3.65. The summed E-state index contributed by atoms with van der Waals surface area (Å²) >= 11 is 0. The van der Waals surface area contributed by atoms with Gasteiger partial charge in [-0.15, -0.1) is 0 Å². The Morgan fingerprint density at radius 1 is 1.30 bits per heavy atom. The first-order chi connectivity index (χ1) is 9.40. The monoisotopic (exact) mass is 295 g/mol. The molecule has 20 heavy (non-hydrogen) atoms. The molecule has 1 unspecified atom stereocenters. The van der Waals surface area contributed by atoms with Crippen molar-refractivity contribution < 1.29 is 17.9 Å². The van der Waals surface area contributed by atoms with E-state index < -0.39 is 16.1 Å². The molecule has 1 aromatic heterocycles. The molecule has 0 radical (unpaired) electrons. The van der Waals surface area contributed by atoms with Crippen molar-refractivity contribution in [2.45, 2.75) is 24.8 Å². The Kier molecular flexibility index (Phi) is 4.27. The SMILES string of the molecule is Cc1ccc(C)c(S(=O)(=O)NCC(O)c2ccco2)c1. The minimum Gasteiger partial charge on any atom is -0.467 e. The summed E-state index contributed by atoms with van der Waals surface area (Å²) in [4.78, 5) is 0.226. The van der Waals surface area contributed by atoms with E-state index in [1.807, 2.05) is 13.0 Å². The molecule has 6 heteroatoms. The van der Waals surface area contributed by atoms with Gasteiger partial charge in [0.25, 0.3) is 0 Å². The van der Waals surface area contributed by atoms with E-state index in [-0.39, 0.29) is 11.4 Å². The molecule has 0 saturated carbocycles. The minimum atomic E-state index is -3.65. The third kappa shape index (κ3) is 3.27. The van der Waals surface area contributed by atoms with Crippen LogP contribution < -0.4 is 4.72 Å². The van der Waals surface area contributed by atoms with E-state index in [9.17, 15) is 13.5 Å². The van der Waals surface area contributed by atoms with Crippen molar-refractivity contribution in [1.29, 1.82) is 0 Å². The third-order valence-electron chi connectivity index (χ3n) is 2.97. The third-order valence-corrected chi connectivity index (χ3v) is 4.54. The summed E-state index contributed by atoms with van der Waals surface area (Å²) < 4.78 is 31.9. The van der Waals surface area contributed by atoms with Crippen molar-refractivity contribution in [2.24, 2.45) is 0 Å². The molecule has 0 aliphatic rings. The number of aryl methyl sites for hydroxylation is 2. The van der Waals surface area contributed by atoms with Gasteiger partial charge in [-0.2, -0.15) is 0 Å². The van der Waals surface area contributed by atoms with Gasteiger partial charge in [-0.3, -0.25) is 0 Å². The van der Waals surface area contributed by atoms with E-state index in [1.165, 1.54) is 6.26 Å². The van der Waals surface area contributed by atoms with Crippen molar-refractivity contribution in [1.82, 2.24) is 4.72 Å². The second-order valence-electron chi connectivity index (χ2n) is 4.65. The van der Waals surface area contributed by atoms with Crippen molar-refractivity contribution in [2.75, 3.05) is 6.54 Å². The molecule has 1 heterocycles. The van der Waals surface area contributed by atoms with Gasteiger partial charge in [0.05, 0.1) is 11.2 Å². The first-order valence-electron chi connectivity index (χ1n) is 6.18. The maximum atomic E-state index is 12.2. The number of furan rings is 1. The van der Waals surface area contributed by atoms with E-state index in [0.29, 0.717) is 11.3 Å². The molecule has 0 aliphatic carbocycles. The van der Waals surface area contributed by atoms with Crippen molar-refractivity contribution >= 4 is 10.0 Å². The molecule has 1 aromatic carbocycles. The van der Waals surface area contributed by atoms with Crippen LogP contribution in [-0.2, 0) is 10.0 Å². The number of benzene rings is 1. The number of aliphatic hydroxyl groups excluding tert-OH is 1. The number of nitrogens with one attached hydrogen (secondary N) is 1. The number of aliphatic hydroxyl groups is 1. The fourth-order valence-electron chi connectivity index (χ4n) is 1.84. The Hall–Kier alpha value is -1.63. The Morgan fingerprint density at radius 3 is 2.70 bits per heavy atom. The Balaban J connectivity index is 2.13. The number of sulfonamides is 1. The molecular weight excluding hydrogens is 278 g/mol. The molecule has 0 aliphatic heterocycles. The van der Waals surface area contributed by atoms with Gasteiger partial charge in [-0.05, 0) is 43.2 Å². The Morgan fingerprint density at radius 2 is 2.05 bits per heavy atom. The van der Waals surface area contributed by atoms with Crippen LogP contribution in [0.5, 0.6) is 0 Å². The molecule has 108 valence electrons. The molecule has 2 aromatic rings. The maximum Gasteiger partial charge on any atom is 0.240 e. The lowest BCUT2D eigenvalue weighted by Gasteiger charge is -2.12. The molecule has 5 nitrogen and oxygen atoms in total. The van der Waals surface area contributed by atoms with Gasteiger partial charge >= 0.3 is 0 Å². The molecule has 2 N–H and O–H groups in total. The lowest BCUT2D eigenvalue weighted by atomic mass is 10.2. The van der Waals surface area contributed by atoms with Crippen molar-refractivity contribution in [3.8, 4) is 0 Å². The van der Waals surface area contributed by atoms with Crippen molar-refractivity contribution in [3.05, 3.63) is 53.5 Å². The Labute approximate surface area is 118 Å². The highest BCUT2D eigenvalue weighted by atomic mass is 32.2. The fraction of sp³-hybridized carbons (Fsp3) is 0.286. The minimum absolute atomic E-state index is 0.136. The zero-order valence-electron chi connectivity index (χ0n) is 11.3. The molecule has 1 atom stereocenters. The van der Waals surface area contributed by atoms with Crippen LogP contribution in [0.2, 0.25) is 0 Å². The van der Waals surface area contributed by atoms with Crippen LogP contribution in [0.15, 0.2) is 45.9 Å². The van der Waals surface area contributed by atoms with Gasteiger partial charge < -0.3 is 9.52 Å². The van der Waals surface area contributed by atoms with Crippen LogP contribution in [0.1, 0.15) is 23.0 Å². The summed E-state index contributed by atoms with van der Waals surface area (Å²) in [5.41, 5.74) is 1.53. The summed E-state index contributed by atoms with van der Waals surface area (Å²) in [6.45, 7) is 3.43. The van der Waals surface area contributed by atoms with Crippen LogP contribution >= 0.6 is 0 Å². The predicted octanol–water partition coefficient (Wildman–Crippen LogP) is 1.91. The molecule has 0 spiro atoms. The van der Waals surface area contributed by atoms with Crippen LogP contribution in [0.4, 0.5) is 0 Å². The van der Waals surface area contributed by atoms with E-state index in [4.69, 9.17) is 4.42 Å². The maximum absolute atomic E-state index is 12.2. The zero-order chi connectivity index (χ0) is 14.8. The fourth-order valence-corrected chi connectivity index (χ4v) is 3.21. The zero-order valence-corrected chi connectivity index (χ0v) is 12.1. The molecule has 0 fully saturated rings. The number of hydrogen-bond donors (Lipinski definition) is 2. The second-order valence-corrected chi connectivity index (χ2v) is 6.39. The Bertz CT molecular complexity index is 677. The van der Waals surface area contributed by atoms with E-state index in [1.54, 1.807) is 31.2 Å². The van der Waals surface area contributed by atoms with E-state index >= 15 is 0 Å². The van der Waals surface area contributed by atoms with Crippen LogP contribution in [0.3, 0.4) is 0 Å². The molecular formula is C14H17NO4S. The quantitative estimate of drug-likeness (QED) is 0.883. The highest BCUT2D eigenvalue weighted by molar-refractivity contribution is 7.89. The van der Waals surface area contributed by atoms with Gasteiger partial charge in [-0.1, -0.05) is 12.1 Å². The predicted molar refractivity (Wildman–Crippen MR) is 74.8 cm³/mol. The number of hydrogen-bond acceptors (Lipinski definition) is 4. The first-order valence-corrected chi connectivity index (χ1v) is 7.67. The summed E-state index contributed by atoms with van der Waals surface area (Å²) in [6, 6.07) is 8.45. The van der Waals surface area contributed by atoms with E-state index in [2.05, 4.69) is 4.72 Å². The van der Waals surface area contributed by atoms with Gasteiger partial charge in [-0.25, -0.2) is 13.1 Å². The molecule has 0 bridgehead atoms. The van der Waals surface area contributed by atoms with Gasteiger partial charge in [0.1, 0.15) is 11.9 Å². The van der Waals surface area contributed by atoms with Gasteiger partial charge in [0, 0.05) is 6.54 Å². The van der Waals surface area contributed by atoms with Gasteiger partial charge in [0.15, 0.2) is 0 Å². The normalized spacial score (nSPS) is 13.3. The highest BCUT2D eigenvalue weighted by Gasteiger charge is 2.19. The average molecular weight is 295 g/mol.